The summed E-state index contributed by atoms with van der Waals surface area (Å²) in [6.45, 7) is 22.3. The summed E-state index contributed by atoms with van der Waals surface area (Å²) in [5, 5.41) is 3.55. The number of allylic oxidation sites excluding steroid dienone is 4. The quantitative estimate of drug-likeness (QED) is 0.716. The first-order valence-electron chi connectivity index (χ1n) is 10.6. The molecule has 0 aromatic heterocycles. The first-order chi connectivity index (χ1) is 11.7. The molecule has 2 aliphatic carbocycles. The van der Waals surface area contributed by atoms with Crippen molar-refractivity contribution in [1.29, 1.82) is 0 Å². The number of fused-ring (bicyclic) bond motifs is 1. The van der Waals surface area contributed by atoms with Gasteiger partial charge < -0.3 is 9.88 Å². The molecule has 3 heteroatoms. The van der Waals surface area contributed by atoms with Gasteiger partial charge in [0, 0.05) is 26.2 Å². The molecule has 2 nitrogen and oxygen atoms in total. The van der Waals surface area contributed by atoms with Crippen LogP contribution in [0.1, 0.15) is 41.0 Å². The fourth-order valence-corrected chi connectivity index (χ4v) is 9.85. The number of hydrogen-bond acceptors (Lipinski definition) is 2. The minimum Gasteiger partial charge on any atom is -0.321 e. The summed E-state index contributed by atoms with van der Waals surface area (Å²) in [7, 11) is -1.43. The number of nitrogens with zero attached hydrogens (tertiary/aromatic N) is 1. The van der Waals surface area contributed by atoms with Gasteiger partial charge in [-0.25, -0.2) is 0 Å². The molecule has 25 heavy (non-hydrogen) atoms. The Balaban J connectivity index is 1.94. The van der Waals surface area contributed by atoms with E-state index in [1.807, 2.05) is 0 Å². The van der Waals surface area contributed by atoms with Gasteiger partial charge >= 0.3 is 0 Å². The van der Waals surface area contributed by atoms with Gasteiger partial charge in [-0.1, -0.05) is 65.4 Å². The monoisotopic (exact) mass is 360 g/mol. The maximum absolute atomic E-state index is 3.55. The highest BCUT2D eigenvalue weighted by Gasteiger charge is 2.52. The van der Waals surface area contributed by atoms with Crippen LogP contribution in [-0.4, -0.2) is 39.0 Å². The summed E-state index contributed by atoms with van der Waals surface area (Å²) in [6.07, 6.45) is 6.73. The Morgan fingerprint density at radius 2 is 1.72 bits per heavy atom. The van der Waals surface area contributed by atoms with E-state index in [-0.39, 0.29) is 0 Å². The van der Waals surface area contributed by atoms with Crippen LogP contribution in [-0.2, 0) is 0 Å². The van der Waals surface area contributed by atoms with Gasteiger partial charge in [-0.15, -0.1) is 0 Å². The second kappa shape index (κ2) is 7.32. The van der Waals surface area contributed by atoms with Crippen molar-refractivity contribution in [1.82, 2.24) is 9.88 Å². The molecular formula is C22H40N2Si. The molecule has 1 aliphatic heterocycles. The van der Waals surface area contributed by atoms with Gasteiger partial charge in [0.05, 0.1) is 0 Å². The number of nitrogens with one attached hydrogen (secondary N) is 1. The number of hydrogen-bond donors (Lipinski definition) is 1. The number of piperazine rings is 1. The standard InChI is InChI=1S/C22H40N2Si/c1-15(2)18-13-19(16(3)4)22-17(5)12-21(20(22)14-18)25(6,7)24-10-8-23-9-11-24/h13-17,20-23H,8-12H2,1-7H3. The van der Waals surface area contributed by atoms with Crippen molar-refractivity contribution in [2.24, 2.45) is 29.6 Å². The van der Waals surface area contributed by atoms with E-state index in [4.69, 9.17) is 0 Å². The molecule has 1 saturated heterocycles. The Hall–Kier alpha value is -0.383. The molecule has 4 unspecified atom stereocenters. The van der Waals surface area contributed by atoms with Crippen molar-refractivity contribution in [3.05, 3.63) is 23.3 Å². The van der Waals surface area contributed by atoms with Crippen LogP contribution in [0.15, 0.2) is 23.3 Å². The maximum Gasteiger partial charge on any atom is 0.126 e. The molecule has 0 radical (unpaired) electrons. The van der Waals surface area contributed by atoms with E-state index >= 15 is 0 Å². The SMILES string of the molecule is CC(C)C1=CC2C(C(C(C)C)=C1)C(C)CC2[Si](C)(C)N1CCNCC1. The zero-order valence-electron chi connectivity index (χ0n) is 17.6. The lowest BCUT2D eigenvalue weighted by molar-refractivity contribution is 0.344. The summed E-state index contributed by atoms with van der Waals surface area (Å²) in [5.74, 6) is 3.74. The molecule has 0 amide bonds. The van der Waals surface area contributed by atoms with Crippen molar-refractivity contribution >= 4 is 8.24 Å². The van der Waals surface area contributed by atoms with Gasteiger partial charge in [-0.05, 0) is 47.1 Å². The maximum atomic E-state index is 3.55. The predicted octanol–water partition coefficient (Wildman–Crippen LogP) is 4.92. The summed E-state index contributed by atoms with van der Waals surface area (Å²) < 4.78 is 2.90. The molecular weight excluding hydrogens is 320 g/mol. The number of rotatable bonds is 4. The van der Waals surface area contributed by atoms with Gasteiger partial charge in [0.15, 0.2) is 0 Å². The van der Waals surface area contributed by atoms with Crippen molar-refractivity contribution in [2.75, 3.05) is 26.2 Å². The van der Waals surface area contributed by atoms with Crippen molar-refractivity contribution in [2.45, 2.75) is 59.7 Å². The molecule has 1 heterocycles. The zero-order valence-corrected chi connectivity index (χ0v) is 18.6. The van der Waals surface area contributed by atoms with Crippen molar-refractivity contribution in [3.63, 3.8) is 0 Å². The lowest BCUT2D eigenvalue weighted by atomic mass is 9.73. The van der Waals surface area contributed by atoms with Crippen molar-refractivity contribution in [3.8, 4) is 0 Å². The molecule has 2 fully saturated rings. The second-order valence-corrected chi connectivity index (χ2v) is 14.6. The van der Waals surface area contributed by atoms with Crippen LogP contribution in [0, 0.1) is 29.6 Å². The fourth-order valence-electron chi connectivity index (χ4n) is 5.81. The lowest BCUT2D eigenvalue weighted by Crippen LogP contribution is -2.59. The molecule has 4 atom stereocenters. The summed E-state index contributed by atoms with van der Waals surface area (Å²) in [6, 6.07) is 0. The summed E-state index contributed by atoms with van der Waals surface area (Å²) in [4.78, 5) is 0. The van der Waals surface area contributed by atoms with Crippen molar-refractivity contribution < 1.29 is 0 Å². The highest BCUT2D eigenvalue weighted by Crippen LogP contribution is 2.57. The fraction of sp³-hybridized carbons (Fsp3) is 0.818. The molecule has 142 valence electrons. The Bertz CT molecular complexity index is 540. The molecule has 0 spiro atoms. The van der Waals surface area contributed by atoms with Crippen LogP contribution in [0.4, 0.5) is 0 Å². The normalized spacial score (nSPS) is 34.3. The van der Waals surface area contributed by atoms with Crippen LogP contribution in [0.2, 0.25) is 18.6 Å². The van der Waals surface area contributed by atoms with Crippen LogP contribution < -0.4 is 5.32 Å². The van der Waals surface area contributed by atoms with Gasteiger partial charge in [0.25, 0.3) is 0 Å². The van der Waals surface area contributed by atoms with Crippen LogP contribution in [0.5, 0.6) is 0 Å². The molecule has 0 bridgehead atoms. The summed E-state index contributed by atoms with van der Waals surface area (Å²) in [5.41, 5.74) is 4.26. The second-order valence-electron chi connectivity index (χ2n) is 9.93. The van der Waals surface area contributed by atoms with Crippen LogP contribution in [0.3, 0.4) is 0 Å². The molecule has 0 aromatic rings. The van der Waals surface area contributed by atoms with E-state index in [1.165, 1.54) is 32.6 Å². The topological polar surface area (TPSA) is 15.3 Å². The first kappa shape index (κ1) is 19.4. The Morgan fingerprint density at radius 3 is 2.28 bits per heavy atom. The smallest absolute Gasteiger partial charge is 0.126 e. The zero-order chi connectivity index (χ0) is 18.4. The molecule has 3 rings (SSSR count). The van der Waals surface area contributed by atoms with E-state index < -0.39 is 8.24 Å². The van der Waals surface area contributed by atoms with E-state index in [9.17, 15) is 0 Å². The minimum atomic E-state index is -1.43. The summed E-state index contributed by atoms with van der Waals surface area (Å²) >= 11 is 0. The average molecular weight is 361 g/mol. The molecule has 1 saturated carbocycles. The van der Waals surface area contributed by atoms with Crippen LogP contribution >= 0.6 is 0 Å². The van der Waals surface area contributed by atoms with E-state index in [0.717, 1.165) is 23.3 Å². The lowest BCUT2D eigenvalue weighted by Gasteiger charge is -2.46. The van der Waals surface area contributed by atoms with Gasteiger partial charge in [-0.3, -0.25) is 0 Å². The first-order valence-corrected chi connectivity index (χ1v) is 13.6. The highest BCUT2D eigenvalue weighted by atomic mass is 28.3. The van der Waals surface area contributed by atoms with Crippen LogP contribution in [0.25, 0.3) is 0 Å². The average Bonchev–Trinajstić information content (AvgIpc) is 2.92. The molecule has 0 aromatic carbocycles. The Kier molecular flexibility index (Phi) is 5.68. The largest absolute Gasteiger partial charge is 0.321 e. The third-order valence-corrected chi connectivity index (χ3v) is 11.9. The minimum absolute atomic E-state index is 0.648. The Morgan fingerprint density at radius 1 is 1.08 bits per heavy atom. The third-order valence-electron chi connectivity index (χ3n) is 7.39. The Labute approximate surface area is 157 Å². The van der Waals surface area contributed by atoms with Gasteiger partial charge in [0.1, 0.15) is 8.24 Å². The molecule has 1 N–H and O–H groups in total. The predicted molar refractivity (Wildman–Crippen MR) is 112 cm³/mol. The van der Waals surface area contributed by atoms with E-state index in [2.05, 4.69) is 69.7 Å². The highest BCUT2D eigenvalue weighted by molar-refractivity contribution is 6.76. The molecule has 3 aliphatic rings. The van der Waals surface area contributed by atoms with Gasteiger partial charge in [0.2, 0.25) is 0 Å². The van der Waals surface area contributed by atoms with Gasteiger partial charge in [-0.2, -0.15) is 0 Å². The van der Waals surface area contributed by atoms with E-state index in [1.54, 1.807) is 11.1 Å². The third kappa shape index (κ3) is 3.57. The van der Waals surface area contributed by atoms with E-state index in [0.29, 0.717) is 11.8 Å².